The second-order valence-electron chi connectivity index (χ2n) is 22.1. The minimum Gasteiger partial charge on any atom is -0.656 e. The monoisotopic (exact) mass is 1130 g/mol. The van der Waals surface area contributed by atoms with Gasteiger partial charge in [0.25, 0.3) is 0 Å². The van der Waals surface area contributed by atoms with Gasteiger partial charge in [0.15, 0.2) is 0 Å². The molecule has 4 heterocycles. The third kappa shape index (κ3) is 8.32. The molecule has 0 bridgehead atoms. The number of aromatic nitrogens is 5. The van der Waals surface area contributed by atoms with Gasteiger partial charge in [0.05, 0.1) is 11.0 Å². The van der Waals surface area contributed by atoms with Crippen molar-refractivity contribution in [3.8, 4) is 34.0 Å². The molecular weight excluding hydrogens is 1070 g/mol. The first kappa shape index (κ1) is 45.5. The van der Waals surface area contributed by atoms with Gasteiger partial charge in [-0.25, -0.2) is 9.97 Å². The van der Waals surface area contributed by atoms with Crippen molar-refractivity contribution in [2.45, 2.75) is 84.9 Å². The van der Waals surface area contributed by atoms with Crippen molar-refractivity contribution in [3.63, 3.8) is 0 Å². The van der Waals surface area contributed by atoms with Crippen molar-refractivity contribution in [2.24, 2.45) is 0 Å². The van der Waals surface area contributed by atoms with Crippen LogP contribution in [-0.2, 0) is 43.7 Å². The molecule has 0 saturated heterocycles. The number of imidazole rings is 1. The van der Waals surface area contributed by atoms with E-state index in [1.54, 1.807) is 0 Å². The Bertz CT molecular complexity index is 4170. The van der Waals surface area contributed by atoms with Crippen molar-refractivity contribution in [3.05, 3.63) is 227 Å². The zero-order valence-electron chi connectivity index (χ0n) is 44.9. The molecule has 0 unspecified atom stereocenters. The van der Waals surface area contributed by atoms with E-state index in [1.807, 2.05) is 54.7 Å². The summed E-state index contributed by atoms with van der Waals surface area (Å²) >= 11 is 0. The topological polar surface area (TPSA) is 49.7 Å². The van der Waals surface area contributed by atoms with Crippen molar-refractivity contribution >= 4 is 54.6 Å². The van der Waals surface area contributed by atoms with Gasteiger partial charge in [0.2, 0.25) is 0 Å². The summed E-state index contributed by atoms with van der Waals surface area (Å²) < 4.78 is 23.4. The molecule has 6 heteroatoms. The molecule has 0 aliphatic rings. The number of hydrogen-bond donors (Lipinski definition) is 0. The summed E-state index contributed by atoms with van der Waals surface area (Å²) in [4.78, 5) is 16.2. The van der Waals surface area contributed by atoms with Crippen molar-refractivity contribution in [2.75, 3.05) is 0 Å². The van der Waals surface area contributed by atoms with E-state index in [0.717, 1.165) is 94.2 Å². The fourth-order valence-corrected chi connectivity index (χ4v) is 10.7. The molecule has 0 radical (unpaired) electrons. The van der Waals surface area contributed by atoms with Gasteiger partial charge in [-0.2, -0.15) is 0 Å². The molecule has 12 rings (SSSR count). The van der Waals surface area contributed by atoms with Crippen LogP contribution in [0.15, 0.2) is 182 Å². The Morgan fingerprint density at radius 2 is 1.26 bits per heavy atom. The van der Waals surface area contributed by atoms with Crippen molar-refractivity contribution in [1.82, 2.24) is 24.1 Å². The molecule has 0 fully saturated rings. The maximum Gasteiger partial charge on any atom is 2.00 e. The van der Waals surface area contributed by atoms with Gasteiger partial charge in [-0.15, -0.1) is 34.8 Å². The number of aryl methyl sites for hydroxylation is 1. The summed E-state index contributed by atoms with van der Waals surface area (Å²) in [6.45, 7) is 20.2. The van der Waals surface area contributed by atoms with Crippen LogP contribution in [-0.4, -0.2) is 19.1 Å². The average Bonchev–Trinajstić information content (AvgIpc) is 4.14. The van der Waals surface area contributed by atoms with Gasteiger partial charge in [-0.3, -0.25) is 4.57 Å². The Morgan fingerprint density at radius 3 is 2.03 bits per heavy atom. The smallest absolute Gasteiger partial charge is 0.656 e. The van der Waals surface area contributed by atoms with Crippen LogP contribution in [0.25, 0.3) is 88.7 Å². The zero-order valence-corrected chi connectivity index (χ0v) is 45.1. The number of rotatable bonds is 8. The summed E-state index contributed by atoms with van der Waals surface area (Å²) in [6.07, 6.45) is 0.175. The van der Waals surface area contributed by atoms with E-state index in [9.17, 15) is 2.74 Å². The van der Waals surface area contributed by atoms with Crippen LogP contribution in [0.1, 0.15) is 97.1 Å². The van der Waals surface area contributed by atoms with E-state index in [-0.39, 0.29) is 37.3 Å². The van der Waals surface area contributed by atoms with Crippen LogP contribution in [0.2, 0.25) is 0 Å². The summed E-state index contributed by atoms with van der Waals surface area (Å²) in [7, 11) is 0. The number of pyridine rings is 1. The van der Waals surface area contributed by atoms with Crippen LogP contribution in [0.4, 0.5) is 0 Å². The molecule has 0 amide bonds. The predicted molar refractivity (Wildman–Crippen MR) is 301 cm³/mol. The van der Waals surface area contributed by atoms with Gasteiger partial charge >= 0.3 is 21.1 Å². The van der Waals surface area contributed by atoms with E-state index < -0.39 is 6.37 Å². The summed E-state index contributed by atoms with van der Waals surface area (Å²) in [6, 6.07) is 65.0. The molecule has 73 heavy (non-hydrogen) atoms. The molecule has 0 aliphatic heterocycles. The fraction of sp³-hybridized carbons (Fsp3) is 0.194. The molecule has 0 spiro atoms. The Kier molecular flexibility index (Phi) is 11.2. The fourth-order valence-electron chi connectivity index (χ4n) is 10.7. The van der Waals surface area contributed by atoms with E-state index in [0.29, 0.717) is 11.1 Å². The first-order chi connectivity index (χ1) is 35.4. The maximum atomic E-state index is 9.44. The molecule has 0 saturated carbocycles. The molecular formula is C67H59N5Pt. The van der Waals surface area contributed by atoms with Gasteiger partial charge in [0.1, 0.15) is 11.6 Å². The van der Waals surface area contributed by atoms with E-state index >= 15 is 0 Å². The Morgan fingerprint density at radius 1 is 0.562 bits per heavy atom. The number of hydrogen-bond acceptors (Lipinski definition) is 2. The molecule has 4 aromatic heterocycles. The molecule has 0 atom stereocenters. The van der Waals surface area contributed by atoms with Crippen LogP contribution in [0.3, 0.4) is 0 Å². The minimum absolute atomic E-state index is 0. The standard InChI is InChI=1S/C67H59N5.Pt/c1-42-26-30-54(63-61(42)55-39-47(65(2,3)4)29-33-56(55)69-63)64-70-62-51(24-17-25-57(62)71(64)50-23-16-20-44(37-50)36-43-18-12-10-13-19-43)45-27-31-52-53-32-28-49(67(8,9)46-21-14-11-15-22-46)40-59(53)72(58(52)38-45)60-41-48(34-35-68-60)66(5,6)7;/h10-35,37,39-41H,36H2,1-9H3;/q-2;+2/i36D2;. The predicted octanol–water partition coefficient (Wildman–Crippen LogP) is 16.7. The van der Waals surface area contributed by atoms with E-state index in [1.165, 1.54) is 22.3 Å². The van der Waals surface area contributed by atoms with Crippen LogP contribution >= 0.6 is 0 Å². The van der Waals surface area contributed by atoms with E-state index in [4.69, 9.17) is 15.0 Å². The molecule has 362 valence electrons. The molecule has 5 nitrogen and oxygen atoms in total. The quantitative estimate of drug-likeness (QED) is 0.143. The molecule has 0 N–H and O–H groups in total. The number of fused-ring (bicyclic) bond motifs is 7. The second kappa shape index (κ2) is 18.0. The number of para-hydroxylation sites is 1. The molecule has 8 aromatic carbocycles. The normalized spacial score (nSPS) is 13.0. The third-order valence-corrected chi connectivity index (χ3v) is 14.9. The summed E-state index contributed by atoms with van der Waals surface area (Å²) in [5.74, 6) is 1.56. The van der Waals surface area contributed by atoms with Crippen molar-refractivity contribution < 1.29 is 23.8 Å². The summed E-state index contributed by atoms with van der Waals surface area (Å²) in [5, 5.41) is 4.46. The maximum absolute atomic E-state index is 9.44. The van der Waals surface area contributed by atoms with Crippen LogP contribution < -0.4 is 4.98 Å². The van der Waals surface area contributed by atoms with Gasteiger partial charge in [-0.05, 0) is 121 Å². The number of benzene rings is 8. The number of nitrogens with zero attached hydrogens (tertiary/aromatic N) is 5. The Balaban J connectivity index is 0.00000602. The van der Waals surface area contributed by atoms with Crippen LogP contribution in [0.5, 0.6) is 0 Å². The third-order valence-electron chi connectivity index (χ3n) is 14.9. The minimum atomic E-state index is -1.76. The van der Waals surface area contributed by atoms with Gasteiger partial charge in [0, 0.05) is 31.1 Å². The van der Waals surface area contributed by atoms with E-state index in [2.05, 4.69) is 205 Å². The van der Waals surface area contributed by atoms with Crippen LogP contribution in [0, 0.1) is 13.0 Å². The SMILES string of the molecule is [2H]C([2H])(c1ccccc1)c1cccc(-n2c(-c3ccc(C)c4c3[n-]c3ccc(C(C)(C)C)cc34)nc3c(-c4[c-]c5c(cc4)c4ccc(C(C)(C)c6ccccc6)cc4n5-c4cc(C(C)(C)C)ccn4)cccc32)c1.[Pt+2]. The van der Waals surface area contributed by atoms with Crippen molar-refractivity contribution in [1.29, 1.82) is 0 Å². The zero-order chi connectivity index (χ0) is 51.5. The molecule has 12 aromatic rings. The summed E-state index contributed by atoms with van der Waals surface area (Å²) in [5.41, 5.74) is 15.9. The largest absolute Gasteiger partial charge is 2.00 e. The van der Waals surface area contributed by atoms with Gasteiger partial charge in [-0.1, -0.05) is 194 Å². The Labute approximate surface area is 446 Å². The first-order valence-corrected chi connectivity index (χ1v) is 25.1. The Hall–Kier alpha value is -7.33. The first-order valence-electron chi connectivity index (χ1n) is 26.1. The molecule has 0 aliphatic carbocycles. The van der Waals surface area contributed by atoms with Gasteiger partial charge < -0.3 is 9.55 Å². The average molecular weight is 1130 g/mol. The second-order valence-corrected chi connectivity index (χ2v) is 22.1.